The minimum atomic E-state index is -0.0390. The number of nitrogens with one attached hydrogen (secondary N) is 1. The molecule has 1 unspecified atom stereocenters. The zero-order valence-electron chi connectivity index (χ0n) is 10.2. The fraction of sp³-hybridized carbons (Fsp3) is 0.462. The second-order valence-electron chi connectivity index (χ2n) is 4.26. The number of carbonyl (C=O) groups is 1. The highest BCUT2D eigenvalue weighted by Crippen LogP contribution is 2.16. The summed E-state index contributed by atoms with van der Waals surface area (Å²) in [4.78, 5) is 11.9. The van der Waals surface area contributed by atoms with Crippen LogP contribution in [0.15, 0.2) is 18.2 Å². The number of aryl methyl sites for hydroxylation is 1. The van der Waals surface area contributed by atoms with Crippen LogP contribution in [0.2, 0.25) is 0 Å². The molecule has 2 N–H and O–H groups in total. The first-order valence-electron chi connectivity index (χ1n) is 5.70. The van der Waals surface area contributed by atoms with Crippen molar-refractivity contribution in [2.24, 2.45) is 5.92 Å². The molecule has 0 aliphatic rings. The Hall–Kier alpha value is -0.620. The zero-order chi connectivity index (χ0) is 12.8. The minimum absolute atomic E-state index is 0.0390. The molecule has 17 heavy (non-hydrogen) atoms. The predicted octanol–water partition coefficient (Wildman–Crippen LogP) is 2.35. The molecule has 4 heteroatoms. The Kier molecular flexibility index (Phi) is 5.91. The van der Waals surface area contributed by atoms with Crippen molar-refractivity contribution in [1.82, 2.24) is 5.32 Å². The molecule has 0 aliphatic carbocycles. The fourth-order valence-electron chi connectivity index (χ4n) is 1.51. The molecule has 0 saturated heterocycles. The highest BCUT2D eigenvalue weighted by molar-refractivity contribution is 14.1. The molecule has 0 fully saturated rings. The molecule has 0 heterocycles. The van der Waals surface area contributed by atoms with Gasteiger partial charge in [-0.05, 0) is 53.5 Å². The van der Waals surface area contributed by atoms with Gasteiger partial charge in [0.05, 0.1) is 5.56 Å². The van der Waals surface area contributed by atoms with E-state index < -0.39 is 0 Å². The zero-order valence-corrected chi connectivity index (χ0v) is 12.3. The average molecular weight is 347 g/mol. The van der Waals surface area contributed by atoms with E-state index in [1.807, 2.05) is 32.0 Å². The molecule has 1 aromatic rings. The third kappa shape index (κ3) is 4.27. The van der Waals surface area contributed by atoms with Gasteiger partial charge >= 0.3 is 0 Å². The van der Waals surface area contributed by atoms with Crippen molar-refractivity contribution in [3.05, 3.63) is 32.9 Å². The topological polar surface area (TPSA) is 49.3 Å². The summed E-state index contributed by atoms with van der Waals surface area (Å²) >= 11 is 2.19. The molecule has 1 atom stereocenters. The van der Waals surface area contributed by atoms with Crippen LogP contribution in [0.4, 0.5) is 0 Å². The monoisotopic (exact) mass is 347 g/mol. The highest BCUT2D eigenvalue weighted by Gasteiger charge is 2.11. The SMILES string of the molecule is Cc1cccc(C(=O)NCC(C)CCO)c1I. The summed E-state index contributed by atoms with van der Waals surface area (Å²) in [5, 5.41) is 11.7. The largest absolute Gasteiger partial charge is 0.396 e. The maximum Gasteiger partial charge on any atom is 0.252 e. The van der Waals surface area contributed by atoms with Crippen LogP contribution < -0.4 is 5.32 Å². The molecule has 0 radical (unpaired) electrons. The summed E-state index contributed by atoms with van der Waals surface area (Å²) in [6.45, 7) is 4.77. The number of halogens is 1. The Morgan fingerprint density at radius 2 is 2.24 bits per heavy atom. The van der Waals surface area contributed by atoms with E-state index >= 15 is 0 Å². The Morgan fingerprint density at radius 3 is 2.88 bits per heavy atom. The third-order valence-corrected chi connectivity index (χ3v) is 4.10. The van der Waals surface area contributed by atoms with E-state index in [2.05, 4.69) is 27.9 Å². The Balaban J connectivity index is 2.61. The predicted molar refractivity (Wildman–Crippen MR) is 77.1 cm³/mol. The summed E-state index contributed by atoms with van der Waals surface area (Å²) in [6.07, 6.45) is 0.713. The van der Waals surface area contributed by atoms with E-state index in [-0.39, 0.29) is 12.5 Å². The second kappa shape index (κ2) is 6.96. The maximum atomic E-state index is 11.9. The molecular formula is C13H18INO2. The van der Waals surface area contributed by atoms with Gasteiger partial charge in [0.25, 0.3) is 5.91 Å². The summed E-state index contributed by atoms with van der Waals surface area (Å²) < 4.78 is 0.998. The van der Waals surface area contributed by atoms with Gasteiger partial charge in [-0.1, -0.05) is 19.1 Å². The number of aliphatic hydroxyl groups is 1. The van der Waals surface area contributed by atoms with Crippen LogP contribution in [0, 0.1) is 16.4 Å². The van der Waals surface area contributed by atoms with Gasteiger partial charge < -0.3 is 10.4 Å². The molecule has 0 aliphatic heterocycles. The van der Waals surface area contributed by atoms with Crippen LogP contribution in [0.1, 0.15) is 29.3 Å². The lowest BCUT2D eigenvalue weighted by atomic mass is 10.1. The summed E-state index contributed by atoms with van der Waals surface area (Å²) in [5.41, 5.74) is 1.84. The lowest BCUT2D eigenvalue weighted by molar-refractivity contribution is 0.0944. The molecule has 0 aromatic heterocycles. The van der Waals surface area contributed by atoms with E-state index in [9.17, 15) is 4.79 Å². The molecular weight excluding hydrogens is 329 g/mol. The van der Waals surface area contributed by atoms with Gasteiger partial charge in [-0.15, -0.1) is 0 Å². The van der Waals surface area contributed by atoms with Crippen molar-refractivity contribution in [3.63, 3.8) is 0 Å². The standard InChI is InChI=1S/C13H18INO2/c1-9(6-7-16)8-15-13(17)11-5-3-4-10(2)12(11)14/h3-5,9,16H,6-8H2,1-2H3,(H,15,17). The van der Waals surface area contributed by atoms with Crippen molar-refractivity contribution in [3.8, 4) is 0 Å². The van der Waals surface area contributed by atoms with Gasteiger partial charge in [0.1, 0.15) is 0 Å². The quantitative estimate of drug-likeness (QED) is 0.804. The van der Waals surface area contributed by atoms with Crippen LogP contribution in [0.3, 0.4) is 0 Å². The fourth-order valence-corrected chi connectivity index (χ4v) is 2.11. The third-order valence-electron chi connectivity index (χ3n) is 2.67. The summed E-state index contributed by atoms with van der Waals surface area (Å²) in [5.74, 6) is 0.259. The van der Waals surface area contributed by atoms with E-state index in [0.29, 0.717) is 18.9 Å². The van der Waals surface area contributed by atoms with Gasteiger partial charge in [0, 0.05) is 16.7 Å². The van der Waals surface area contributed by atoms with Gasteiger partial charge in [-0.2, -0.15) is 0 Å². The first-order valence-corrected chi connectivity index (χ1v) is 6.78. The molecule has 94 valence electrons. The van der Waals surface area contributed by atoms with Crippen LogP contribution in [-0.2, 0) is 0 Å². The van der Waals surface area contributed by atoms with Crippen molar-refractivity contribution >= 4 is 28.5 Å². The Bertz CT molecular complexity index is 393. The van der Waals surface area contributed by atoms with E-state index in [1.54, 1.807) is 0 Å². The highest BCUT2D eigenvalue weighted by atomic mass is 127. The summed E-state index contributed by atoms with van der Waals surface area (Å²) in [6, 6.07) is 5.72. The van der Waals surface area contributed by atoms with Crippen molar-refractivity contribution in [1.29, 1.82) is 0 Å². The smallest absolute Gasteiger partial charge is 0.252 e. The number of benzene rings is 1. The number of aliphatic hydroxyl groups excluding tert-OH is 1. The van der Waals surface area contributed by atoms with Crippen LogP contribution >= 0.6 is 22.6 Å². The van der Waals surface area contributed by atoms with Gasteiger partial charge in [-0.25, -0.2) is 0 Å². The summed E-state index contributed by atoms with van der Waals surface area (Å²) in [7, 11) is 0. The molecule has 1 amide bonds. The molecule has 0 saturated carbocycles. The lowest BCUT2D eigenvalue weighted by Crippen LogP contribution is -2.29. The number of rotatable bonds is 5. The van der Waals surface area contributed by atoms with Crippen molar-refractivity contribution < 1.29 is 9.90 Å². The first kappa shape index (κ1) is 14.4. The maximum absolute atomic E-state index is 11.9. The lowest BCUT2D eigenvalue weighted by Gasteiger charge is -2.12. The Morgan fingerprint density at radius 1 is 1.53 bits per heavy atom. The van der Waals surface area contributed by atoms with Gasteiger partial charge in [0.2, 0.25) is 0 Å². The first-order chi connectivity index (χ1) is 8.06. The van der Waals surface area contributed by atoms with Crippen molar-refractivity contribution in [2.75, 3.05) is 13.2 Å². The average Bonchev–Trinajstić information content (AvgIpc) is 2.30. The molecule has 0 bridgehead atoms. The normalized spacial score (nSPS) is 12.2. The number of carbonyl (C=O) groups excluding carboxylic acids is 1. The van der Waals surface area contributed by atoms with Crippen LogP contribution in [0.25, 0.3) is 0 Å². The minimum Gasteiger partial charge on any atom is -0.396 e. The van der Waals surface area contributed by atoms with Gasteiger partial charge in [0.15, 0.2) is 0 Å². The molecule has 1 aromatic carbocycles. The van der Waals surface area contributed by atoms with Gasteiger partial charge in [-0.3, -0.25) is 4.79 Å². The number of amides is 1. The van der Waals surface area contributed by atoms with Crippen LogP contribution in [0.5, 0.6) is 0 Å². The van der Waals surface area contributed by atoms with Crippen molar-refractivity contribution in [2.45, 2.75) is 20.3 Å². The van der Waals surface area contributed by atoms with E-state index in [4.69, 9.17) is 5.11 Å². The molecule has 0 spiro atoms. The van der Waals surface area contributed by atoms with E-state index in [1.165, 1.54) is 0 Å². The van der Waals surface area contributed by atoms with Crippen LogP contribution in [-0.4, -0.2) is 24.2 Å². The molecule has 1 rings (SSSR count). The Labute approximate surface area is 116 Å². The molecule has 3 nitrogen and oxygen atoms in total. The van der Waals surface area contributed by atoms with E-state index in [0.717, 1.165) is 14.7 Å². The number of hydrogen-bond donors (Lipinski definition) is 2. The number of hydrogen-bond acceptors (Lipinski definition) is 2. The second-order valence-corrected chi connectivity index (χ2v) is 5.34.